The van der Waals surface area contributed by atoms with Gasteiger partial charge < -0.3 is 4.85 Å². The van der Waals surface area contributed by atoms with Crippen molar-refractivity contribution >= 4 is 0 Å². The van der Waals surface area contributed by atoms with Gasteiger partial charge in [-0.05, 0) is 24.8 Å². The third-order valence-corrected chi connectivity index (χ3v) is 2.74. The van der Waals surface area contributed by atoms with Gasteiger partial charge in [-0.15, -0.1) is 0 Å². The molecule has 0 saturated heterocycles. The van der Waals surface area contributed by atoms with Crippen LogP contribution in [0.15, 0.2) is 24.3 Å². The molecule has 0 radical (unpaired) electrons. The Bertz CT molecular complexity index is 374. The Hall–Kier alpha value is -1.80. The van der Waals surface area contributed by atoms with Crippen LogP contribution in [-0.2, 0) is 0 Å². The van der Waals surface area contributed by atoms with E-state index in [1.54, 1.807) is 0 Å². The first-order chi connectivity index (χ1) is 7.77. The van der Waals surface area contributed by atoms with Gasteiger partial charge >= 0.3 is 0 Å². The van der Waals surface area contributed by atoms with E-state index in [9.17, 15) is 0 Å². The molecule has 1 unspecified atom stereocenters. The van der Waals surface area contributed by atoms with Crippen molar-refractivity contribution in [2.45, 2.75) is 32.1 Å². The Morgan fingerprint density at radius 1 is 1.31 bits per heavy atom. The van der Waals surface area contributed by atoms with Gasteiger partial charge in [0.15, 0.2) is 0 Å². The van der Waals surface area contributed by atoms with E-state index in [1.807, 2.05) is 0 Å². The second-order valence-electron chi connectivity index (χ2n) is 3.97. The van der Waals surface area contributed by atoms with Crippen LogP contribution in [0.1, 0.15) is 36.3 Å². The zero-order valence-electron chi connectivity index (χ0n) is 9.61. The highest BCUT2D eigenvalue weighted by atomic mass is 14.6. The second-order valence-corrected chi connectivity index (χ2v) is 3.97. The van der Waals surface area contributed by atoms with Crippen molar-refractivity contribution in [3.8, 4) is 6.07 Å². The van der Waals surface area contributed by atoms with E-state index in [1.165, 1.54) is 11.1 Å². The van der Waals surface area contributed by atoms with Gasteiger partial charge in [-0.1, -0.05) is 29.8 Å². The first-order valence-electron chi connectivity index (χ1n) is 5.54. The van der Waals surface area contributed by atoms with Crippen molar-refractivity contribution in [2.24, 2.45) is 0 Å². The van der Waals surface area contributed by atoms with Gasteiger partial charge in [0.05, 0.1) is 6.07 Å². The molecule has 0 bridgehead atoms. The fourth-order valence-electron chi connectivity index (χ4n) is 1.78. The van der Waals surface area contributed by atoms with Crippen LogP contribution in [0, 0.1) is 24.8 Å². The average molecular weight is 212 g/mol. The van der Waals surface area contributed by atoms with Crippen molar-refractivity contribution in [2.75, 3.05) is 6.54 Å². The van der Waals surface area contributed by atoms with Crippen LogP contribution in [-0.4, -0.2) is 6.54 Å². The summed E-state index contributed by atoms with van der Waals surface area (Å²) in [6.07, 6.45) is 2.28. The van der Waals surface area contributed by atoms with E-state index >= 15 is 0 Å². The van der Waals surface area contributed by atoms with Gasteiger partial charge in [-0.2, -0.15) is 5.26 Å². The standard InChI is InChI=1S/C14H16N2/c1-12-5-7-14(8-6-12)13(4-3-10-15)9-11-16-2/h5-8,13H,3-4,9,11H2,1H3. The van der Waals surface area contributed by atoms with Crippen LogP contribution in [0.4, 0.5) is 0 Å². The number of nitrogens with zero attached hydrogens (tertiary/aromatic N) is 2. The number of hydrogen-bond acceptors (Lipinski definition) is 1. The summed E-state index contributed by atoms with van der Waals surface area (Å²) in [5, 5.41) is 8.62. The lowest BCUT2D eigenvalue weighted by molar-refractivity contribution is 0.609. The van der Waals surface area contributed by atoms with Crippen molar-refractivity contribution in [3.63, 3.8) is 0 Å². The number of aryl methyl sites for hydroxylation is 1. The zero-order chi connectivity index (χ0) is 11.8. The van der Waals surface area contributed by atoms with Gasteiger partial charge in [0.2, 0.25) is 6.54 Å². The molecule has 16 heavy (non-hydrogen) atoms. The number of nitriles is 1. The number of benzene rings is 1. The molecular formula is C14H16N2. The molecule has 0 saturated carbocycles. The van der Waals surface area contributed by atoms with Gasteiger partial charge in [-0.25, -0.2) is 6.57 Å². The average Bonchev–Trinajstić information content (AvgIpc) is 2.31. The molecule has 0 heterocycles. The summed E-state index contributed by atoms with van der Waals surface area (Å²) in [6, 6.07) is 10.6. The van der Waals surface area contributed by atoms with E-state index in [-0.39, 0.29) is 0 Å². The molecular weight excluding hydrogens is 196 g/mol. The highest BCUT2D eigenvalue weighted by Gasteiger charge is 2.12. The normalized spacial score (nSPS) is 11.4. The second kappa shape index (κ2) is 6.64. The van der Waals surface area contributed by atoms with Crippen LogP contribution < -0.4 is 0 Å². The summed E-state index contributed by atoms with van der Waals surface area (Å²) in [5.41, 5.74) is 2.50. The van der Waals surface area contributed by atoms with Crippen LogP contribution >= 0.6 is 0 Å². The Morgan fingerprint density at radius 2 is 2.00 bits per heavy atom. The highest BCUT2D eigenvalue weighted by Crippen LogP contribution is 2.25. The van der Waals surface area contributed by atoms with Gasteiger partial charge in [0.1, 0.15) is 0 Å². The van der Waals surface area contributed by atoms with Crippen LogP contribution in [0.3, 0.4) is 0 Å². The Kier molecular flexibility index (Phi) is 5.09. The van der Waals surface area contributed by atoms with Gasteiger partial charge in [0, 0.05) is 12.8 Å². The summed E-state index contributed by atoms with van der Waals surface area (Å²) in [6.45, 7) is 9.44. The van der Waals surface area contributed by atoms with E-state index in [0.717, 1.165) is 12.8 Å². The molecule has 0 aliphatic carbocycles. The van der Waals surface area contributed by atoms with E-state index < -0.39 is 0 Å². The summed E-state index contributed by atoms with van der Waals surface area (Å²) in [5.74, 6) is 0.356. The molecule has 1 aromatic carbocycles. The Morgan fingerprint density at radius 3 is 2.56 bits per heavy atom. The van der Waals surface area contributed by atoms with Crippen molar-refractivity contribution in [3.05, 3.63) is 46.8 Å². The smallest absolute Gasteiger partial charge is 0.215 e. The topological polar surface area (TPSA) is 28.1 Å². The Balaban J connectivity index is 2.71. The summed E-state index contributed by atoms with van der Waals surface area (Å²) in [4.78, 5) is 3.39. The lowest BCUT2D eigenvalue weighted by Gasteiger charge is -2.13. The fourth-order valence-corrected chi connectivity index (χ4v) is 1.78. The van der Waals surface area contributed by atoms with Crippen LogP contribution in [0.2, 0.25) is 0 Å². The van der Waals surface area contributed by atoms with E-state index in [2.05, 4.69) is 42.1 Å². The van der Waals surface area contributed by atoms with Gasteiger partial charge in [0.25, 0.3) is 0 Å². The minimum Gasteiger partial charge on any atom is -0.317 e. The predicted octanol–water partition coefficient (Wildman–Crippen LogP) is 3.69. The van der Waals surface area contributed by atoms with Crippen molar-refractivity contribution in [1.29, 1.82) is 5.26 Å². The summed E-state index contributed by atoms with van der Waals surface area (Å²) >= 11 is 0. The molecule has 0 aliphatic rings. The minimum absolute atomic E-state index is 0.356. The first kappa shape index (κ1) is 12.3. The van der Waals surface area contributed by atoms with Crippen LogP contribution in [0.25, 0.3) is 4.85 Å². The first-order valence-corrected chi connectivity index (χ1v) is 5.54. The van der Waals surface area contributed by atoms with Crippen LogP contribution in [0.5, 0.6) is 0 Å². The minimum atomic E-state index is 0.356. The Labute approximate surface area is 97.3 Å². The molecule has 82 valence electrons. The molecule has 2 nitrogen and oxygen atoms in total. The maximum absolute atomic E-state index is 8.62. The molecule has 0 fully saturated rings. The third-order valence-electron chi connectivity index (χ3n) is 2.74. The lowest BCUT2D eigenvalue weighted by Crippen LogP contribution is -2.00. The highest BCUT2D eigenvalue weighted by molar-refractivity contribution is 5.24. The quantitative estimate of drug-likeness (QED) is 0.684. The molecule has 1 rings (SSSR count). The van der Waals surface area contributed by atoms with Gasteiger partial charge in [-0.3, -0.25) is 0 Å². The van der Waals surface area contributed by atoms with E-state index in [4.69, 9.17) is 11.8 Å². The molecule has 0 amide bonds. The number of rotatable bonds is 5. The molecule has 0 N–H and O–H groups in total. The molecule has 1 aromatic rings. The monoisotopic (exact) mass is 212 g/mol. The molecule has 0 aromatic heterocycles. The molecule has 0 aliphatic heterocycles. The number of hydrogen-bond donors (Lipinski definition) is 0. The van der Waals surface area contributed by atoms with E-state index in [0.29, 0.717) is 18.9 Å². The third kappa shape index (κ3) is 3.75. The maximum atomic E-state index is 8.62. The molecule has 0 spiro atoms. The summed E-state index contributed by atoms with van der Waals surface area (Å²) in [7, 11) is 0. The van der Waals surface area contributed by atoms with Crippen molar-refractivity contribution in [1.82, 2.24) is 0 Å². The SMILES string of the molecule is [C-]#[N+]CCC(CCC#N)c1ccc(C)cc1. The summed E-state index contributed by atoms with van der Waals surface area (Å²) < 4.78 is 0. The van der Waals surface area contributed by atoms with Crippen molar-refractivity contribution < 1.29 is 0 Å². The fraction of sp³-hybridized carbons (Fsp3) is 0.429. The maximum Gasteiger partial charge on any atom is 0.215 e. The lowest BCUT2D eigenvalue weighted by atomic mass is 9.91. The predicted molar refractivity (Wildman–Crippen MR) is 64.9 cm³/mol. The zero-order valence-corrected chi connectivity index (χ0v) is 9.61. The largest absolute Gasteiger partial charge is 0.317 e. The molecule has 1 atom stereocenters. The molecule has 2 heteroatoms.